The van der Waals surface area contributed by atoms with Crippen molar-refractivity contribution in [3.63, 3.8) is 0 Å². The van der Waals surface area contributed by atoms with Gasteiger partial charge in [0.15, 0.2) is 0 Å². The summed E-state index contributed by atoms with van der Waals surface area (Å²) in [5.41, 5.74) is 1.07. The second-order valence-corrected chi connectivity index (χ2v) is 5.58. The van der Waals surface area contributed by atoms with Crippen LogP contribution in [0.25, 0.3) is 0 Å². The van der Waals surface area contributed by atoms with Gasteiger partial charge < -0.3 is 5.32 Å². The van der Waals surface area contributed by atoms with Crippen LogP contribution in [-0.4, -0.2) is 6.04 Å². The minimum atomic E-state index is 0.216. The molecule has 96 valence electrons. The van der Waals surface area contributed by atoms with Crippen molar-refractivity contribution >= 4 is 23.2 Å². The molecule has 0 spiro atoms. The molecule has 0 saturated carbocycles. The van der Waals surface area contributed by atoms with E-state index in [1.54, 1.807) is 0 Å². The van der Waals surface area contributed by atoms with Crippen molar-refractivity contribution < 1.29 is 0 Å². The lowest BCUT2D eigenvalue weighted by atomic mass is 9.99. The Hall–Kier alpha value is -0.240. The molecule has 1 aromatic carbocycles. The SMILES string of the molecule is CCC(NC(C)c1cccc(Cl)c1Cl)C(C)C. The molecule has 17 heavy (non-hydrogen) atoms. The highest BCUT2D eigenvalue weighted by Crippen LogP contribution is 2.30. The Morgan fingerprint density at radius 3 is 2.35 bits per heavy atom. The molecule has 0 radical (unpaired) electrons. The number of hydrogen-bond donors (Lipinski definition) is 1. The van der Waals surface area contributed by atoms with Gasteiger partial charge in [-0.2, -0.15) is 0 Å². The lowest BCUT2D eigenvalue weighted by molar-refractivity contribution is 0.356. The number of rotatable bonds is 5. The van der Waals surface area contributed by atoms with Crippen LogP contribution in [0.5, 0.6) is 0 Å². The highest BCUT2D eigenvalue weighted by molar-refractivity contribution is 6.42. The summed E-state index contributed by atoms with van der Waals surface area (Å²) in [5, 5.41) is 4.89. The van der Waals surface area contributed by atoms with Crippen LogP contribution in [0, 0.1) is 5.92 Å². The standard InChI is InChI=1S/C14H21Cl2N/c1-5-13(9(2)3)17-10(4)11-7-6-8-12(15)14(11)16/h6-10,13,17H,5H2,1-4H3. The van der Waals surface area contributed by atoms with Gasteiger partial charge in [0.2, 0.25) is 0 Å². The van der Waals surface area contributed by atoms with Crippen LogP contribution in [0.15, 0.2) is 18.2 Å². The molecule has 1 aromatic rings. The Morgan fingerprint density at radius 2 is 1.82 bits per heavy atom. The van der Waals surface area contributed by atoms with Crippen molar-refractivity contribution in [2.75, 3.05) is 0 Å². The van der Waals surface area contributed by atoms with Gasteiger partial charge in [0, 0.05) is 12.1 Å². The van der Waals surface area contributed by atoms with Gasteiger partial charge in [-0.1, -0.05) is 56.1 Å². The zero-order chi connectivity index (χ0) is 13.0. The Kier molecular flexibility index (Phi) is 5.78. The molecule has 0 aliphatic heterocycles. The van der Waals surface area contributed by atoms with Crippen LogP contribution in [0.1, 0.15) is 45.7 Å². The maximum Gasteiger partial charge on any atom is 0.0639 e. The van der Waals surface area contributed by atoms with E-state index in [4.69, 9.17) is 23.2 Å². The van der Waals surface area contributed by atoms with Crippen LogP contribution in [-0.2, 0) is 0 Å². The average molecular weight is 274 g/mol. The Bertz CT molecular complexity index is 363. The molecule has 2 atom stereocenters. The van der Waals surface area contributed by atoms with Crippen molar-refractivity contribution in [1.82, 2.24) is 5.32 Å². The summed E-state index contributed by atoms with van der Waals surface area (Å²) in [6.45, 7) is 8.79. The molecule has 0 aliphatic rings. The van der Waals surface area contributed by atoms with Crippen LogP contribution in [0.2, 0.25) is 10.0 Å². The Labute approximate surface area is 115 Å². The highest BCUT2D eigenvalue weighted by atomic mass is 35.5. The molecule has 0 aliphatic carbocycles. The molecular weight excluding hydrogens is 253 g/mol. The molecule has 3 heteroatoms. The third-order valence-electron chi connectivity index (χ3n) is 3.16. The third kappa shape index (κ3) is 3.87. The predicted molar refractivity (Wildman–Crippen MR) is 76.9 cm³/mol. The van der Waals surface area contributed by atoms with Crippen molar-refractivity contribution in [3.8, 4) is 0 Å². The normalized spacial score (nSPS) is 15.0. The molecule has 0 saturated heterocycles. The van der Waals surface area contributed by atoms with E-state index >= 15 is 0 Å². The summed E-state index contributed by atoms with van der Waals surface area (Å²) in [5.74, 6) is 0.611. The monoisotopic (exact) mass is 273 g/mol. The fourth-order valence-corrected chi connectivity index (χ4v) is 2.52. The fourth-order valence-electron chi connectivity index (χ4n) is 2.05. The molecule has 0 amide bonds. The fraction of sp³-hybridized carbons (Fsp3) is 0.571. The van der Waals surface area contributed by atoms with Gasteiger partial charge in [0.25, 0.3) is 0 Å². The first-order valence-electron chi connectivity index (χ1n) is 6.17. The molecule has 1 N–H and O–H groups in total. The second kappa shape index (κ2) is 6.63. The van der Waals surface area contributed by atoms with Gasteiger partial charge in [-0.25, -0.2) is 0 Å². The van der Waals surface area contributed by atoms with E-state index in [-0.39, 0.29) is 6.04 Å². The van der Waals surface area contributed by atoms with Gasteiger partial charge >= 0.3 is 0 Å². The molecule has 2 unspecified atom stereocenters. The first kappa shape index (κ1) is 14.8. The summed E-state index contributed by atoms with van der Waals surface area (Å²) < 4.78 is 0. The van der Waals surface area contributed by atoms with E-state index < -0.39 is 0 Å². The van der Waals surface area contributed by atoms with E-state index in [0.717, 1.165) is 12.0 Å². The van der Waals surface area contributed by atoms with Gasteiger partial charge in [0.1, 0.15) is 0 Å². The summed E-state index contributed by atoms with van der Waals surface area (Å²) in [7, 11) is 0. The van der Waals surface area contributed by atoms with Crippen molar-refractivity contribution in [2.24, 2.45) is 5.92 Å². The molecular formula is C14H21Cl2N. The van der Waals surface area contributed by atoms with Crippen LogP contribution >= 0.6 is 23.2 Å². The largest absolute Gasteiger partial charge is 0.307 e. The van der Waals surface area contributed by atoms with Crippen LogP contribution in [0.4, 0.5) is 0 Å². The van der Waals surface area contributed by atoms with Gasteiger partial charge in [-0.05, 0) is 30.9 Å². The Morgan fingerprint density at radius 1 is 1.18 bits per heavy atom. The lowest BCUT2D eigenvalue weighted by Gasteiger charge is -2.26. The van der Waals surface area contributed by atoms with Crippen molar-refractivity contribution in [3.05, 3.63) is 33.8 Å². The van der Waals surface area contributed by atoms with E-state index in [2.05, 4.69) is 33.0 Å². The average Bonchev–Trinajstić information content (AvgIpc) is 2.28. The summed E-state index contributed by atoms with van der Waals surface area (Å²) in [4.78, 5) is 0. The van der Waals surface area contributed by atoms with Crippen molar-refractivity contribution in [1.29, 1.82) is 0 Å². The maximum absolute atomic E-state index is 6.22. The number of halogens is 2. The zero-order valence-corrected chi connectivity index (χ0v) is 12.4. The zero-order valence-electron chi connectivity index (χ0n) is 10.9. The van der Waals surface area contributed by atoms with E-state index in [0.29, 0.717) is 22.0 Å². The Balaban J connectivity index is 2.82. The molecule has 0 heterocycles. The summed E-state index contributed by atoms with van der Waals surface area (Å²) in [6.07, 6.45) is 1.11. The lowest BCUT2D eigenvalue weighted by Crippen LogP contribution is -2.35. The topological polar surface area (TPSA) is 12.0 Å². The van der Waals surface area contributed by atoms with E-state index in [1.807, 2.05) is 18.2 Å². The molecule has 1 rings (SSSR count). The summed E-state index contributed by atoms with van der Waals surface area (Å²) >= 11 is 12.3. The van der Waals surface area contributed by atoms with Crippen LogP contribution in [0.3, 0.4) is 0 Å². The smallest absolute Gasteiger partial charge is 0.0639 e. The highest BCUT2D eigenvalue weighted by Gasteiger charge is 2.17. The predicted octanol–water partition coefficient (Wildman–Crippen LogP) is 5.08. The van der Waals surface area contributed by atoms with Gasteiger partial charge in [-0.3, -0.25) is 0 Å². The number of hydrogen-bond acceptors (Lipinski definition) is 1. The van der Waals surface area contributed by atoms with Gasteiger partial charge in [-0.15, -0.1) is 0 Å². The number of nitrogens with one attached hydrogen (secondary N) is 1. The minimum Gasteiger partial charge on any atom is -0.307 e. The van der Waals surface area contributed by atoms with E-state index in [1.165, 1.54) is 0 Å². The first-order chi connectivity index (χ1) is 7.97. The molecule has 0 fully saturated rings. The molecule has 1 nitrogen and oxygen atoms in total. The quantitative estimate of drug-likeness (QED) is 0.789. The van der Waals surface area contributed by atoms with E-state index in [9.17, 15) is 0 Å². The second-order valence-electron chi connectivity index (χ2n) is 4.79. The minimum absolute atomic E-state index is 0.216. The maximum atomic E-state index is 6.22. The van der Waals surface area contributed by atoms with Gasteiger partial charge in [0.05, 0.1) is 10.0 Å². The third-order valence-corrected chi connectivity index (χ3v) is 3.99. The van der Waals surface area contributed by atoms with Crippen molar-refractivity contribution in [2.45, 2.75) is 46.2 Å². The van der Waals surface area contributed by atoms with Crippen LogP contribution < -0.4 is 5.32 Å². The molecule has 0 aromatic heterocycles. The number of benzene rings is 1. The first-order valence-corrected chi connectivity index (χ1v) is 6.92. The summed E-state index contributed by atoms with van der Waals surface area (Å²) in [6, 6.07) is 6.50. The molecule has 0 bridgehead atoms.